The Morgan fingerprint density at radius 2 is 1.88 bits per heavy atom. The molecule has 0 aromatic heterocycles. The fraction of sp³-hybridized carbons (Fsp3) is 0.538. The van der Waals surface area contributed by atoms with Crippen LogP contribution in [-0.4, -0.2) is 24.5 Å². The van der Waals surface area contributed by atoms with E-state index in [1.807, 2.05) is 0 Å². The van der Waals surface area contributed by atoms with Crippen LogP contribution in [0.15, 0.2) is 18.2 Å². The molecule has 0 aliphatic rings. The molecule has 96 valence electrons. The minimum absolute atomic E-state index is 0.379. The van der Waals surface area contributed by atoms with Gasteiger partial charge >= 0.3 is 0 Å². The summed E-state index contributed by atoms with van der Waals surface area (Å²) in [6.07, 6.45) is 0.671. The molecular weight excluding hydrogens is 222 g/mol. The molecule has 4 heteroatoms. The van der Waals surface area contributed by atoms with Gasteiger partial charge in [0.1, 0.15) is 11.6 Å². The van der Waals surface area contributed by atoms with Crippen molar-refractivity contribution in [3.05, 3.63) is 35.4 Å². The van der Waals surface area contributed by atoms with E-state index in [4.69, 9.17) is 5.73 Å². The number of benzene rings is 1. The first kappa shape index (κ1) is 14.1. The third-order valence-corrected chi connectivity index (χ3v) is 3.01. The van der Waals surface area contributed by atoms with Crippen LogP contribution in [0.1, 0.15) is 31.9 Å². The Balaban J connectivity index is 2.60. The zero-order valence-electron chi connectivity index (χ0n) is 10.4. The number of nitrogens with zero attached hydrogens (tertiary/aromatic N) is 1. The summed E-state index contributed by atoms with van der Waals surface area (Å²) in [7, 11) is 0. The normalized spacial score (nSPS) is 13.1. The van der Waals surface area contributed by atoms with Gasteiger partial charge in [0.15, 0.2) is 0 Å². The molecule has 1 rings (SSSR count). The van der Waals surface area contributed by atoms with Crippen LogP contribution in [0.5, 0.6) is 0 Å². The van der Waals surface area contributed by atoms with Crippen LogP contribution in [0, 0.1) is 11.6 Å². The van der Waals surface area contributed by atoms with Gasteiger partial charge < -0.3 is 10.6 Å². The van der Waals surface area contributed by atoms with Gasteiger partial charge in [-0.3, -0.25) is 0 Å². The number of hydrogen-bond donors (Lipinski definition) is 1. The summed E-state index contributed by atoms with van der Waals surface area (Å²) in [5.41, 5.74) is 6.30. The van der Waals surface area contributed by atoms with Gasteiger partial charge in [-0.15, -0.1) is 0 Å². The van der Waals surface area contributed by atoms with Gasteiger partial charge in [-0.25, -0.2) is 8.78 Å². The zero-order chi connectivity index (χ0) is 12.8. The third-order valence-electron chi connectivity index (χ3n) is 3.01. The monoisotopic (exact) mass is 242 g/mol. The zero-order valence-corrected chi connectivity index (χ0v) is 10.4. The Morgan fingerprint density at radius 3 is 2.41 bits per heavy atom. The highest BCUT2D eigenvalue weighted by molar-refractivity contribution is 5.21. The number of halogens is 2. The van der Waals surface area contributed by atoms with Crippen molar-refractivity contribution in [1.82, 2.24) is 4.90 Å². The molecule has 0 saturated heterocycles. The van der Waals surface area contributed by atoms with Gasteiger partial charge in [0.25, 0.3) is 0 Å². The molecule has 1 unspecified atom stereocenters. The topological polar surface area (TPSA) is 29.3 Å². The highest BCUT2D eigenvalue weighted by Gasteiger charge is 2.13. The van der Waals surface area contributed by atoms with Gasteiger partial charge in [-0.1, -0.05) is 19.9 Å². The molecule has 0 fully saturated rings. The Hall–Kier alpha value is -1.00. The van der Waals surface area contributed by atoms with Gasteiger partial charge in [-0.05, 0) is 32.1 Å². The fourth-order valence-corrected chi connectivity index (χ4v) is 1.82. The van der Waals surface area contributed by atoms with E-state index in [2.05, 4.69) is 18.7 Å². The van der Waals surface area contributed by atoms with Crippen LogP contribution >= 0.6 is 0 Å². The number of hydrogen-bond acceptors (Lipinski definition) is 2. The van der Waals surface area contributed by atoms with E-state index in [9.17, 15) is 8.78 Å². The van der Waals surface area contributed by atoms with E-state index in [0.717, 1.165) is 25.7 Å². The average Bonchev–Trinajstić information content (AvgIpc) is 2.30. The van der Waals surface area contributed by atoms with Crippen molar-refractivity contribution in [2.24, 2.45) is 5.73 Å². The lowest BCUT2D eigenvalue weighted by Gasteiger charge is -2.20. The second kappa shape index (κ2) is 6.67. The van der Waals surface area contributed by atoms with E-state index in [1.54, 1.807) is 0 Å². The maximum atomic E-state index is 13.5. The van der Waals surface area contributed by atoms with Gasteiger partial charge in [0.05, 0.1) is 0 Å². The molecule has 0 bridgehead atoms. The van der Waals surface area contributed by atoms with E-state index in [1.165, 1.54) is 12.1 Å². The van der Waals surface area contributed by atoms with Crippen molar-refractivity contribution in [3.8, 4) is 0 Å². The largest absolute Gasteiger partial charge is 0.324 e. The van der Waals surface area contributed by atoms with Gasteiger partial charge in [0.2, 0.25) is 0 Å². The minimum Gasteiger partial charge on any atom is -0.324 e. The summed E-state index contributed by atoms with van der Waals surface area (Å²) in [5, 5.41) is 0. The molecule has 2 N–H and O–H groups in total. The molecule has 0 radical (unpaired) electrons. The first-order chi connectivity index (χ1) is 8.08. The van der Waals surface area contributed by atoms with E-state index < -0.39 is 11.6 Å². The van der Waals surface area contributed by atoms with E-state index in [0.29, 0.717) is 12.0 Å². The van der Waals surface area contributed by atoms with Crippen molar-refractivity contribution in [1.29, 1.82) is 0 Å². The van der Waals surface area contributed by atoms with Crippen LogP contribution in [-0.2, 0) is 0 Å². The molecule has 0 amide bonds. The maximum absolute atomic E-state index is 13.5. The molecule has 0 aliphatic heterocycles. The molecule has 17 heavy (non-hydrogen) atoms. The number of nitrogens with two attached hydrogens (primary N) is 1. The molecular formula is C13H20F2N2. The first-order valence-electron chi connectivity index (χ1n) is 6.01. The van der Waals surface area contributed by atoms with E-state index in [-0.39, 0.29) is 6.04 Å². The second-order valence-electron chi connectivity index (χ2n) is 4.09. The molecule has 0 heterocycles. The lowest BCUT2D eigenvalue weighted by Crippen LogP contribution is -2.27. The average molecular weight is 242 g/mol. The summed E-state index contributed by atoms with van der Waals surface area (Å²) in [4.78, 5) is 2.22. The Kier molecular flexibility index (Phi) is 5.51. The summed E-state index contributed by atoms with van der Waals surface area (Å²) in [6.45, 7) is 6.89. The summed E-state index contributed by atoms with van der Waals surface area (Å²) >= 11 is 0. The van der Waals surface area contributed by atoms with Crippen molar-refractivity contribution in [3.63, 3.8) is 0 Å². The van der Waals surface area contributed by atoms with Gasteiger partial charge in [0, 0.05) is 17.7 Å². The molecule has 0 aliphatic carbocycles. The molecule has 1 aromatic rings. The number of rotatable bonds is 6. The summed E-state index contributed by atoms with van der Waals surface area (Å²) in [5.74, 6) is -1.13. The summed E-state index contributed by atoms with van der Waals surface area (Å²) in [6, 6.07) is 3.18. The van der Waals surface area contributed by atoms with Crippen molar-refractivity contribution in [2.75, 3.05) is 19.6 Å². The predicted molar refractivity (Wildman–Crippen MR) is 65.7 cm³/mol. The molecule has 0 saturated carbocycles. The molecule has 2 nitrogen and oxygen atoms in total. The lowest BCUT2D eigenvalue weighted by atomic mass is 10.0. The summed E-state index contributed by atoms with van der Waals surface area (Å²) < 4.78 is 26.2. The Labute approximate surface area is 101 Å². The Morgan fingerprint density at radius 1 is 1.24 bits per heavy atom. The van der Waals surface area contributed by atoms with Crippen molar-refractivity contribution < 1.29 is 8.78 Å². The van der Waals surface area contributed by atoms with Crippen molar-refractivity contribution >= 4 is 0 Å². The minimum atomic E-state index is -0.567. The predicted octanol–water partition coefficient (Wildman–Crippen LogP) is 2.70. The van der Waals surface area contributed by atoms with Crippen LogP contribution in [0.2, 0.25) is 0 Å². The lowest BCUT2D eigenvalue weighted by molar-refractivity contribution is 0.290. The standard InChI is InChI=1S/C13H20F2N2/c1-3-17(4-2)8-7-13(16)11-6-5-10(14)9-12(11)15/h5-6,9,13H,3-4,7-8,16H2,1-2H3. The quantitative estimate of drug-likeness (QED) is 0.831. The fourth-order valence-electron chi connectivity index (χ4n) is 1.82. The first-order valence-corrected chi connectivity index (χ1v) is 6.01. The molecule has 0 spiro atoms. The van der Waals surface area contributed by atoms with Crippen LogP contribution in [0.3, 0.4) is 0 Å². The molecule has 1 aromatic carbocycles. The van der Waals surface area contributed by atoms with E-state index >= 15 is 0 Å². The highest BCUT2D eigenvalue weighted by Crippen LogP contribution is 2.19. The second-order valence-corrected chi connectivity index (χ2v) is 4.09. The van der Waals surface area contributed by atoms with Crippen LogP contribution in [0.25, 0.3) is 0 Å². The SMILES string of the molecule is CCN(CC)CCC(N)c1ccc(F)cc1F. The Bertz CT molecular complexity index is 351. The molecule has 1 atom stereocenters. The maximum Gasteiger partial charge on any atom is 0.130 e. The van der Waals surface area contributed by atoms with Gasteiger partial charge in [-0.2, -0.15) is 0 Å². The smallest absolute Gasteiger partial charge is 0.130 e. The van der Waals surface area contributed by atoms with Crippen LogP contribution in [0.4, 0.5) is 8.78 Å². The van der Waals surface area contributed by atoms with Crippen molar-refractivity contribution in [2.45, 2.75) is 26.3 Å². The highest BCUT2D eigenvalue weighted by atomic mass is 19.1. The van der Waals surface area contributed by atoms with Crippen LogP contribution < -0.4 is 5.73 Å². The third kappa shape index (κ3) is 4.06.